The van der Waals surface area contributed by atoms with E-state index in [1.54, 1.807) is 11.3 Å². The van der Waals surface area contributed by atoms with E-state index in [-0.39, 0.29) is 11.9 Å². The van der Waals surface area contributed by atoms with E-state index in [2.05, 4.69) is 53.4 Å². The van der Waals surface area contributed by atoms with Gasteiger partial charge >= 0.3 is 6.03 Å². The predicted octanol–water partition coefficient (Wildman–Crippen LogP) is 3.74. The van der Waals surface area contributed by atoms with Gasteiger partial charge in [0.15, 0.2) is 0 Å². The molecule has 1 aromatic rings. The fourth-order valence-electron chi connectivity index (χ4n) is 5.24. The van der Waals surface area contributed by atoms with Crippen molar-refractivity contribution in [3.63, 3.8) is 0 Å². The van der Waals surface area contributed by atoms with Crippen molar-refractivity contribution < 1.29 is 9.59 Å². The minimum absolute atomic E-state index is 0.00118. The van der Waals surface area contributed by atoms with Crippen molar-refractivity contribution in [3.05, 3.63) is 22.4 Å². The van der Waals surface area contributed by atoms with Gasteiger partial charge in [0.1, 0.15) is 5.54 Å². The molecule has 166 valence electrons. The predicted molar refractivity (Wildman–Crippen MR) is 120 cm³/mol. The summed E-state index contributed by atoms with van der Waals surface area (Å²) in [4.78, 5) is 33.5. The third-order valence-electron chi connectivity index (χ3n) is 7.87. The Balaban J connectivity index is 1.30. The fourth-order valence-corrected chi connectivity index (χ4v) is 5.98. The molecule has 1 aliphatic carbocycles. The number of piperazine rings is 1. The largest absolute Gasteiger partial charge is 0.326 e. The first-order valence-electron chi connectivity index (χ1n) is 11.4. The Labute approximate surface area is 184 Å². The molecule has 1 saturated carbocycles. The minimum Gasteiger partial charge on any atom is -0.323 e. The highest BCUT2D eigenvalue weighted by Gasteiger charge is 2.53. The quantitative estimate of drug-likeness (QED) is 0.696. The van der Waals surface area contributed by atoms with Crippen LogP contribution in [0.5, 0.6) is 0 Å². The Kier molecular flexibility index (Phi) is 6.24. The molecular formula is C23H36N4O2S. The number of carbonyl (C=O) groups is 2. The van der Waals surface area contributed by atoms with Crippen LogP contribution < -0.4 is 5.32 Å². The van der Waals surface area contributed by atoms with Crippen molar-refractivity contribution in [1.82, 2.24) is 20.0 Å². The first kappa shape index (κ1) is 21.8. The highest BCUT2D eigenvalue weighted by molar-refractivity contribution is 7.09. The van der Waals surface area contributed by atoms with Crippen molar-refractivity contribution in [2.24, 2.45) is 11.3 Å². The number of nitrogens with one attached hydrogen (secondary N) is 1. The lowest BCUT2D eigenvalue weighted by Crippen LogP contribution is -2.53. The van der Waals surface area contributed by atoms with E-state index in [9.17, 15) is 9.59 Å². The summed E-state index contributed by atoms with van der Waals surface area (Å²) in [5.74, 6) is 0.629. The molecule has 3 aliphatic rings. The molecular weight excluding hydrogens is 396 g/mol. The Morgan fingerprint density at radius 1 is 1.13 bits per heavy atom. The van der Waals surface area contributed by atoms with Crippen LogP contribution in [-0.4, -0.2) is 65.0 Å². The molecule has 3 fully saturated rings. The van der Waals surface area contributed by atoms with Gasteiger partial charge in [-0.3, -0.25) is 14.6 Å². The van der Waals surface area contributed by atoms with Crippen molar-refractivity contribution in [2.45, 2.75) is 65.0 Å². The zero-order chi connectivity index (χ0) is 21.4. The molecule has 0 radical (unpaired) electrons. The summed E-state index contributed by atoms with van der Waals surface area (Å²) in [6, 6.07) is 4.08. The summed E-state index contributed by atoms with van der Waals surface area (Å²) in [6.45, 7) is 12.0. The maximum Gasteiger partial charge on any atom is 0.326 e. The topological polar surface area (TPSA) is 55.9 Å². The number of nitrogens with zero attached hydrogens (tertiary/aromatic N) is 3. The second kappa shape index (κ2) is 8.60. The van der Waals surface area contributed by atoms with Crippen LogP contribution in [0.3, 0.4) is 0 Å². The van der Waals surface area contributed by atoms with Crippen LogP contribution in [0.15, 0.2) is 17.5 Å². The summed E-state index contributed by atoms with van der Waals surface area (Å²) >= 11 is 1.80. The maximum atomic E-state index is 13.3. The molecule has 0 unspecified atom stereocenters. The first-order chi connectivity index (χ1) is 14.3. The lowest BCUT2D eigenvalue weighted by molar-refractivity contribution is -0.134. The van der Waals surface area contributed by atoms with Crippen molar-refractivity contribution >= 4 is 23.3 Å². The van der Waals surface area contributed by atoms with Crippen LogP contribution >= 0.6 is 11.3 Å². The van der Waals surface area contributed by atoms with E-state index >= 15 is 0 Å². The highest BCUT2D eigenvalue weighted by Crippen LogP contribution is 2.45. The average Bonchev–Trinajstić information content (AvgIpc) is 3.32. The van der Waals surface area contributed by atoms with E-state index < -0.39 is 5.54 Å². The van der Waals surface area contributed by atoms with E-state index in [0.717, 1.165) is 64.8 Å². The maximum absolute atomic E-state index is 13.3. The Bertz CT molecular complexity index is 747. The van der Waals surface area contributed by atoms with Crippen LogP contribution in [0.1, 0.15) is 57.8 Å². The van der Waals surface area contributed by atoms with Gasteiger partial charge in [-0.05, 0) is 48.5 Å². The lowest BCUT2D eigenvalue weighted by atomic mass is 9.65. The molecule has 6 nitrogen and oxygen atoms in total. The van der Waals surface area contributed by atoms with E-state index in [1.165, 1.54) is 9.78 Å². The van der Waals surface area contributed by atoms with Crippen LogP contribution in [-0.2, 0) is 11.3 Å². The number of imide groups is 1. The van der Waals surface area contributed by atoms with Crippen LogP contribution in [0.4, 0.5) is 4.79 Å². The molecule has 4 rings (SSSR count). The normalized spacial score (nSPS) is 29.0. The van der Waals surface area contributed by atoms with Gasteiger partial charge in [-0.1, -0.05) is 33.3 Å². The third-order valence-corrected chi connectivity index (χ3v) is 8.73. The molecule has 3 heterocycles. The monoisotopic (exact) mass is 432 g/mol. The van der Waals surface area contributed by atoms with E-state index in [1.807, 2.05) is 0 Å². The average molecular weight is 433 g/mol. The number of urea groups is 1. The standard InChI is InChI=1S/C23H36N4O2S/c1-4-22(2,3)18-7-9-23(10-8-18)20(28)27(21(29)24-23)17-26-13-11-25(12-14-26)16-19-6-5-15-30-19/h5-6,15,18H,4,7-14,16-17H2,1-3H3,(H,24,29). The van der Waals surface area contributed by atoms with Crippen molar-refractivity contribution in [2.75, 3.05) is 32.8 Å². The molecule has 3 amide bonds. The van der Waals surface area contributed by atoms with Crippen molar-refractivity contribution in [1.29, 1.82) is 0 Å². The zero-order valence-electron chi connectivity index (χ0n) is 18.7. The number of carbonyl (C=O) groups excluding carboxylic acids is 2. The van der Waals surface area contributed by atoms with Gasteiger partial charge < -0.3 is 5.32 Å². The number of amides is 3. The number of rotatable bonds is 6. The molecule has 0 bridgehead atoms. The third kappa shape index (κ3) is 4.30. The summed E-state index contributed by atoms with van der Waals surface area (Å²) in [6.07, 6.45) is 4.73. The van der Waals surface area contributed by atoms with Gasteiger partial charge in [0.2, 0.25) is 0 Å². The second-order valence-corrected chi connectivity index (χ2v) is 11.0. The van der Waals surface area contributed by atoms with Gasteiger partial charge in [-0.15, -0.1) is 11.3 Å². The number of thiophene rings is 1. The van der Waals surface area contributed by atoms with Gasteiger partial charge in [0.25, 0.3) is 5.91 Å². The summed E-state index contributed by atoms with van der Waals surface area (Å²) in [5, 5.41) is 5.21. The molecule has 2 saturated heterocycles. The number of hydrogen-bond acceptors (Lipinski definition) is 5. The second-order valence-electron chi connectivity index (χ2n) is 9.98. The molecule has 1 aromatic heterocycles. The van der Waals surface area contributed by atoms with Crippen LogP contribution in [0, 0.1) is 11.3 Å². The van der Waals surface area contributed by atoms with Gasteiger partial charge in [-0.2, -0.15) is 0 Å². The Hall–Kier alpha value is -1.44. The fraction of sp³-hybridized carbons (Fsp3) is 0.739. The molecule has 1 N–H and O–H groups in total. The van der Waals surface area contributed by atoms with Crippen molar-refractivity contribution in [3.8, 4) is 0 Å². The van der Waals surface area contributed by atoms with Crippen LogP contribution in [0.2, 0.25) is 0 Å². The summed E-state index contributed by atoms with van der Waals surface area (Å²) < 4.78 is 0. The number of hydrogen-bond donors (Lipinski definition) is 1. The highest BCUT2D eigenvalue weighted by atomic mass is 32.1. The Morgan fingerprint density at radius 3 is 2.40 bits per heavy atom. The van der Waals surface area contributed by atoms with E-state index in [0.29, 0.717) is 18.0 Å². The molecule has 0 aromatic carbocycles. The molecule has 2 aliphatic heterocycles. The van der Waals surface area contributed by atoms with E-state index in [4.69, 9.17) is 0 Å². The first-order valence-corrected chi connectivity index (χ1v) is 12.3. The molecule has 0 atom stereocenters. The summed E-state index contributed by atoms with van der Waals surface area (Å²) in [7, 11) is 0. The molecule has 30 heavy (non-hydrogen) atoms. The van der Waals surface area contributed by atoms with Gasteiger partial charge in [-0.25, -0.2) is 9.69 Å². The van der Waals surface area contributed by atoms with Gasteiger partial charge in [0, 0.05) is 37.6 Å². The zero-order valence-corrected chi connectivity index (χ0v) is 19.5. The lowest BCUT2D eigenvalue weighted by Gasteiger charge is -2.42. The molecule has 7 heteroatoms. The Morgan fingerprint density at radius 2 is 1.80 bits per heavy atom. The van der Waals surface area contributed by atoms with Gasteiger partial charge in [0.05, 0.1) is 6.67 Å². The molecule has 1 spiro atoms. The SMILES string of the molecule is CCC(C)(C)C1CCC2(CC1)NC(=O)N(CN1CCN(Cc3cccs3)CC1)C2=O. The minimum atomic E-state index is -0.654. The van der Waals surface area contributed by atoms with Crippen LogP contribution in [0.25, 0.3) is 0 Å². The smallest absolute Gasteiger partial charge is 0.323 e. The summed E-state index contributed by atoms with van der Waals surface area (Å²) in [5.41, 5.74) is -0.353.